The molecular weight excluding hydrogens is 272 g/mol. The second-order valence-electron chi connectivity index (χ2n) is 3.59. The zero-order valence-corrected chi connectivity index (χ0v) is 11.2. The van der Waals surface area contributed by atoms with Crippen LogP contribution in [0.3, 0.4) is 0 Å². The fourth-order valence-electron chi connectivity index (χ4n) is 1.41. The second kappa shape index (κ2) is 5.79. The van der Waals surface area contributed by atoms with Crippen molar-refractivity contribution < 1.29 is 4.79 Å². The van der Waals surface area contributed by atoms with E-state index in [0.717, 1.165) is 10.3 Å². The van der Waals surface area contributed by atoms with Crippen LogP contribution in [0.5, 0.6) is 0 Å². The van der Waals surface area contributed by atoms with E-state index in [1.54, 1.807) is 13.2 Å². The van der Waals surface area contributed by atoms with Crippen LogP contribution in [-0.4, -0.2) is 36.5 Å². The lowest BCUT2D eigenvalue weighted by Gasteiger charge is -2.22. The Bertz CT molecular complexity index is 372. The Hall–Kier alpha value is -1.17. The lowest BCUT2D eigenvalue weighted by atomic mass is 10.1. The maximum atomic E-state index is 11.4. The molecule has 0 spiro atoms. The number of rotatable bonds is 4. The monoisotopic (exact) mass is 286 g/mol. The number of hydrogen-bond acceptors (Lipinski definition) is 4. The number of amides is 1. The van der Waals surface area contributed by atoms with Crippen LogP contribution in [0.1, 0.15) is 6.92 Å². The number of halogens is 1. The summed E-state index contributed by atoms with van der Waals surface area (Å²) in [5, 5.41) is 2.63. The van der Waals surface area contributed by atoms with Crippen molar-refractivity contribution in [2.45, 2.75) is 6.92 Å². The first-order chi connectivity index (χ1) is 7.56. The predicted molar refractivity (Wildman–Crippen MR) is 66.2 cm³/mol. The van der Waals surface area contributed by atoms with Gasteiger partial charge in [0.05, 0.1) is 10.4 Å². The van der Waals surface area contributed by atoms with Crippen LogP contribution in [0.15, 0.2) is 17.0 Å². The molecule has 1 rings (SSSR count). The van der Waals surface area contributed by atoms with E-state index in [4.69, 9.17) is 0 Å². The molecule has 0 radical (unpaired) electrons. The quantitative estimate of drug-likeness (QED) is 0.899. The average molecular weight is 287 g/mol. The molecule has 5 nitrogen and oxygen atoms in total. The van der Waals surface area contributed by atoms with E-state index in [9.17, 15) is 4.79 Å². The smallest absolute Gasteiger partial charge is 0.224 e. The molecule has 1 amide bonds. The SMILES string of the molecule is CNC(=O)C(C)CN(C)c1ncncc1Br. The van der Waals surface area contributed by atoms with Crippen molar-refractivity contribution in [3.8, 4) is 0 Å². The van der Waals surface area contributed by atoms with Gasteiger partial charge in [-0.25, -0.2) is 9.97 Å². The maximum Gasteiger partial charge on any atom is 0.224 e. The zero-order chi connectivity index (χ0) is 12.1. The number of nitrogens with one attached hydrogen (secondary N) is 1. The third-order valence-electron chi connectivity index (χ3n) is 2.25. The first-order valence-electron chi connectivity index (χ1n) is 4.94. The molecule has 1 N–H and O–H groups in total. The first-order valence-corrected chi connectivity index (χ1v) is 5.73. The lowest BCUT2D eigenvalue weighted by Crippen LogP contribution is -2.34. The van der Waals surface area contributed by atoms with Gasteiger partial charge in [0.2, 0.25) is 5.91 Å². The summed E-state index contributed by atoms with van der Waals surface area (Å²) in [6.07, 6.45) is 3.17. The first kappa shape index (κ1) is 12.9. The van der Waals surface area contributed by atoms with Gasteiger partial charge in [0.25, 0.3) is 0 Å². The number of carbonyl (C=O) groups excluding carboxylic acids is 1. The Kier molecular flexibility index (Phi) is 4.67. The van der Waals surface area contributed by atoms with Gasteiger partial charge in [-0.15, -0.1) is 0 Å². The molecule has 1 aromatic heterocycles. The van der Waals surface area contributed by atoms with Crippen molar-refractivity contribution >= 4 is 27.7 Å². The normalized spacial score (nSPS) is 12.0. The Morgan fingerprint density at radius 2 is 2.38 bits per heavy atom. The summed E-state index contributed by atoms with van der Waals surface area (Å²) in [5.41, 5.74) is 0. The van der Waals surface area contributed by atoms with Crippen molar-refractivity contribution in [3.05, 3.63) is 17.0 Å². The van der Waals surface area contributed by atoms with Gasteiger partial charge in [0.15, 0.2) is 0 Å². The molecule has 0 saturated heterocycles. The molecule has 0 aliphatic carbocycles. The number of nitrogens with zero attached hydrogens (tertiary/aromatic N) is 3. The third kappa shape index (κ3) is 3.16. The van der Waals surface area contributed by atoms with Crippen LogP contribution in [0.2, 0.25) is 0 Å². The van der Waals surface area contributed by atoms with E-state index in [0.29, 0.717) is 6.54 Å². The molecule has 0 fully saturated rings. The molecule has 0 aliphatic heterocycles. The summed E-state index contributed by atoms with van der Waals surface area (Å²) in [6.45, 7) is 2.49. The molecule has 1 heterocycles. The van der Waals surface area contributed by atoms with Crippen LogP contribution in [0.4, 0.5) is 5.82 Å². The topological polar surface area (TPSA) is 58.1 Å². The van der Waals surface area contributed by atoms with Crippen molar-refractivity contribution in [1.29, 1.82) is 0 Å². The van der Waals surface area contributed by atoms with Crippen LogP contribution in [0.25, 0.3) is 0 Å². The average Bonchev–Trinajstić information content (AvgIpc) is 2.28. The maximum absolute atomic E-state index is 11.4. The lowest BCUT2D eigenvalue weighted by molar-refractivity contribution is -0.123. The van der Waals surface area contributed by atoms with Gasteiger partial charge in [-0.05, 0) is 15.9 Å². The van der Waals surface area contributed by atoms with Crippen LogP contribution >= 0.6 is 15.9 Å². The highest BCUT2D eigenvalue weighted by Crippen LogP contribution is 2.21. The summed E-state index contributed by atoms with van der Waals surface area (Å²) in [7, 11) is 3.53. The van der Waals surface area contributed by atoms with Gasteiger partial charge >= 0.3 is 0 Å². The summed E-state index contributed by atoms with van der Waals surface area (Å²) < 4.78 is 0.821. The fraction of sp³-hybridized carbons (Fsp3) is 0.500. The van der Waals surface area contributed by atoms with Crippen molar-refractivity contribution in [2.24, 2.45) is 5.92 Å². The third-order valence-corrected chi connectivity index (χ3v) is 2.81. The van der Waals surface area contributed by atoms with E-state index in [2.05, 4.69) is 31.2 Å². The van der Waals surface area contributed by atoms with Gasteiger partial charge in [-0.3, -0.25) is 4.79 Å². The minimum Gasteiger partial charge on any atom is -0.359 e. The van der Waals surface area contributed by atoms with Crippen LogP contribution in [-0.2, 0) is 4.79 Å². The molecule has 0 aliphatic rings. The summed E-state index contributed by atoms with van der Waals surface area (Å²) in [5.74, 6) is 0.722. The van der Waals surface area contributed by atoms with Gasteiger partial charge in [-0.2, -0.15) is 0 Å². The standard InChI is InChI=1S/C10H15BrN4O/c1-7(10(16)12-2)5-15(3)9-8(11)4-13-6-14-9/h4,6-7H,5H2,1-3H3,(H,12,16). The molecule has 88 valence electrons. The van der Waals surface area contributed by atoms with E-state index in [-0.39, 0.29) is 11.8 Å². The van der Waals surface area contributed by atoms with E-state index < -0.39 is 0 Å². The van der Waals surface area contributed by atoms with Crippen molar-refractivity contribution in [3.63, 3.8) is 0 Å². The Morgan fingerprint density at radius 1 is 1.69 bits per heavy atom. The van der Waals surface area contributed by atoms with Crippen LogP contribution < -0.4 is 10.2 Å². The highest BCUT2D eigenvalue weighted by molar-refractivity contribution is 9.10. The molecule has 1 unspecified atom stereocenters. The minimum atomic E-state index is -0.0862. The largest absolute Gasteiger partial charge is 0.359 e. The van der Waals surface area contributed by atoms with E-state index in [1.165, 1.54) is 6.33 Å². The van der Waals surface area contributed by atoms with Gasteiger partial charge in [0.1, 0.15) is 12.1 Å². The molecule has 0 aromatic carbocycles. The molecule has 6 heteroatoms. The minimum absolute atomic E-state index is 0.0250. The van der Waals surface area contributed by atoms with Gasteiger partial charge in [-0.1, -0.05) is 6.92 Å². The number of anilines is 1. The summed E-state index contributed by atoms with van der Waals surface area (Å²) in [4.78, 5) is 21.4. The number of carbonyl (C=O) groups is 1. The Labute approximate surface area is 103 Å². The Balaban J connectivity index is 2.69. The summed E-state index contributed by atoms with van der Waals surface area (Å²) in [6, 6.07) is 0. The van der Waals surface area contributed by atoms with Gasteiger partial charge in [0, 0.05) is 26.8 Å². The highest BCUT2D eigenvalue weighted by atomic mass is 79.9. The molecule has 16 heavy (non-hydrogen) atoms. The predicted octanol–water partition coefficient (Wildman–Crippen LogP) is 1.06. The fourth-order valence-corrected chi connectivity index (χ4v) is 1.94. The van der Waals surface area contributed by atoms with Gasteiger partial charge < -0.3 is 10.2 Å². The Morgan fingerprint density at radius 3 is 2.94 bits per heavy atom. The molecule has 1 atom stereocenters. The van der Waals surface area contributed by atoms with E-state index in [1.807, 2.05) is 18.9 Å². The van der Waals surface area contributed by atoms with Crippen molar-refractivity contribution in [1.82, 2.24) is 15.3 Å². The van der Waals surface area contributed by atoms with E-state index >= 15 is 0 Å². The molecule has 0 bridgehead atoms. The molecular formula is C10H15BrN4O. The second-order valence-corrected chi connectivity index (χ2v) is 4.44. The number of hydrogen-bond donors (Lipinski definition) is 1. The van der Waals surface area contributed by atoms with Crippen molar-refractivity contribution in [2.75, 3.05) is 25.5 Å². The zero-order valence-electron chi connectivity index (χ0n) is 9.57. The summed E-state index contributed by atoms with van der Waals surface area (Å²) >= 11 is 3.37. The molecule has 1 aromatic rings. The molecule has 0 saturated carbocycles. The highest BCUT2D eigenvalue weighted by Gasteiger charge is 2.15. The van der Waals surface area contributed by atoms with Crippen LogP contribution in [0, 0.1) is 5.92 Å². The number of aromatic nitrogens is 2.